The Morgan fingerprint density at radius 3 is 2.95 bits per heavy atom. The molecule has 1 aromatic heterocycles. The van der Waals surface area contributed by atoms with E-state index in [1.54, 1.807) is 0 Å². The van der Waals surface area contributed by atoms with Gasteiger partial charge in [-0.25, -0.2) is 4.98 Å². The standard InChI is InChI=1S/C15H21N3O/c1-15(2,3)11-7-10-9-18-6-4-5-12(18)14(19)17-13(10)16-8-11/h7-8,12H,4-6,9H2,1-3H3,(H,16,17,19). The van der Waals surface area contributed by atoms with E-state index in [9.17, 15) is 4.79 Å². The van der Waals surface area contributed by atoms with E-state index in [1.807, 2.05) is 6.20 Å². The van der Waals surface area contributed by atoms with Gasteiger partial charge in [-0.2, -0.15) is 0 Å². The number of anilines is 1. The number of nitrogens with zero attached hydrogens (tertiary/aromatic N) is 2. The predicted octanol–water partition coefficient (Wildman–Crippen LogP) is 2.30. The van der Waals surface area contributed by atoms with Gasteiger partial charge in [0.15, 0.2) is 0 Å². The highest BCUT2D eigenvalue weighted by Gasteiger charge is 2.34. The van der Waals surface area contributed by atoms with Gasteiger partial charge < -0.3 is 5.32 Å². The first-order valence-electron chi connectivity index (χ1n) is 6.99. The summed E-state index contributed by atoms with van der Waals surface area (Å²) in [5, 5.41) is 2.98. The molecule has 3 rings (SSSR count). The molecule has 1 fully saturated rings. The lowest BCUT2D eigenvalue weighted by atomic mass is 9.87. The largest absolute Gasteiger partial charge is 0.309 e. The monoisotopic (exact) mass is 259 g/mol. The highest BCUT2D eigenvalue weighted by molar-refractivity contribution is 5.95. The normalized spacial score (nSPS) is 23.5. The summed E-state index contributed by atoms with van der Waals surface area (Å²) in [7, 11) is 0. The van der Waals surface area contributed by atoms with E-state index >= 15 is 0 Å². The SMILES string of the molecule is CC(C)(C)c1cnc2c(c1)CN1CCCC1C(=O)N2. The van der Waals surface area contributed by atoms with Crippen LogP contribution in [-0.2, 0) is 16.8 Å². The van der Waals surface area contributed by atoms with Crippen molar-refractivity contribution in [2.75, 3.05) is 11.9 Å². The number of aromatic nitrogens is 1. The van der Waals surface area contributed by atoms with Crippen molar-refractivity contribution in [3.63, 3.8) is 0 Å². The van der Waals surface area contributed by atoms with E-state index in [1.165, 1.54) is 5.56 Å². The molecule has 0 radical (unpaired) electrons. The van der Waals surface area contributed by atoms with E-state index in [-0.39, 0.29) is 17.4 Å². The van der Waals surface area contributed by atoms with Gasteiger partial charge in [0, 0.05) is 18.3 Å². The van der Waals surface area contributed by atoms with Crippen molar-refractivity contribution in [2.45, 2.75) is 51.6 Å². The molecule has 0 bridgehead atoms. The number of carbonyl (C=O) groups is 1. The molecule has 0 aliphatic carbocycles. The molecule has 1 amide bonds. The molecule has 19 heavy (non-hydrogen) atoms. The summed E-state index contributed by atoms with van der Waals surface area (Å²) in [6, 6.07) is 2.23. The first kappa shape index (κ1) is 12.6. The third kappa shape index (κ3) is 2.25. The third-order valence-corrected chi connectivity index (χ3v) is 4.11. The average molecular weight is 259 g/mol. The van der Waals surface area contributed by atoms with Crippen molar-refractivity contribution in [3.05, 3.63) is 23.4 Å². The van der Waals surface area contributed by atoms with E-state index in [2.05, 4.69) is 42.0 Å². The lowest BCUT2D eigenvalue weighted by Crippen LogP contribution is -2.36. The second-order valence-corrected chi connectivity index (χ2v) is 6.60. The Hall–Kier alpha value is -1.42. The number of amides is 1. The maximum atomic E-state index is 12.1. The van der Waals surface area contributed by atoms with Gasteiger partial charge in [0.2, 0.25) is 5.91 Å². The minimum Gasteiger partial charge on any atom is -0.309 e. The maximum Gasteiger partial charge on any atom is 0.242 e. The van der Waals surface area contributed by atoms with E-state index < -0.39 is 0 Å². The first-order valence-corrected chi connectivity index (χ1v) is 6.99. The number of rotatable bonds is 0. The number of carbonyl (C=O) groups excluding carboxylic acids is 1. The summed E-state index contributed by atoms with van der Waals surface area (Å²) in [6.07, 6.45) is 3.96. The van der Waals surface area contributed by atoms with Gasteiger partial charge >= 0.3 is 0 Å². The molecule has 3 heterocycles. The molecule has 1 aromatic rings. The van der Waals surface area contributed by atoms with Crippen LogP contribution in [0.3, 0.4) is 0 Å². The van der Waals surface area contributed by atoms with Gasteiger partial charge in [-0.3, -0.25) is 9.69 Å². The highest BCUT2D eigenvalue weighted by Crippen LogP contribution is 2.30. The predicted molar refractivity (Wildman–Crippen MR) is 75.0 cm³/mol. The van der Waals surface area contributed by atoms with Crippen LogP contribution in [0.15, 0.2) is 12.3 Å². The maximum absolute atomic E-state index is 12.1. The molecule has 2 aliphatic rings. The van der Waals surface area contributed by atoms with E-state index in [4.69, 9.17) is 0 Å². The van der Waals surface area contributed by atoms with Crippen molar-refractivity contribution in [1.29, 1.82) is 0 Å². The zero-order chi connectivity index (χ0) is 13.6. The zero-order valence-electron chi connectivity index (χ0n) is 11.9. The average Bonchev–Trinajstić information content (AvgIpc) is 2.73. The van der Waals surface area contributed by atoms with Crippen LogP contribution in [0, 0.1) is 0 Å². The lowest BCUT2D eigenvalue weighted by Gasteiger charge is -2.21. The second-order valence-electron chi connectivity index (χ2n) is 6.60. The Bertz CT molecular complexity index is 519. The van der Waals surface area contributed by atoms with Crippen LogP contribution in [0.25, 0.3) is 0 Å². The molecule has 0 saturated carbocycles. The molecule has 1 unspecified atom stereocenters. The highest BCUT2D eigenvalue weighted by atomic mass is 16.2. The Balaban J connectivity index is 1.99. The zero-order valence-corrected chi connectivity index (χ0v) is 11.9. The summed E-state index contributed by atoms with van der Waals surface area (Å²) in [6.45, 7) is 8.39. The Morgan fingerprint density at radius 2 is 2.21 bits per heavy atom. The molecular weight excluding hydrogens is 238 g/mol. The van der Waals surface area contributed by atoms with Crippen molar-refractivity contribution in [1.82, 2.24) is 9.88 Å². The van der Waals surface area contributed by atoms with Crippen molar-refractivity contribution in [2.24, 2.45) is 0 Å². The molecule has 1 N–H and O–H groups in total. The van der Waals surface area contributed by atoms with E-state index in [0.29, 0.717) is 0 Å². The number of pyridine rings is 1. The third-order valence-electron chi connectivity index (χ3n) is 4.11. The molecule has 1 saturated heterocycles. The van der Waals surface area contributed by atoms with Crippen molar-refractivity contribution in [3.8, 4) is 0 Å². The molecule has 0 aromatic carbocycles. The Morgan fingerprint density at radius 1 is 1.42 bits per heavy atom. The Labute approximate surface area is 114 Å². The van der Waals surface area contributed by atoms with Crippen LogP contribution < -0.4 is 5.32 Å². The van der Waals surface area contributed by atoms with Gasteiger partial charge in [-0.05, 0) is 36.4 Å². The summed E-state index contributed by atoms with van der Waals surface area (Å²) in [5.74, 6) is 0.847. The smallest absolute Gasteiger partial charge is 0.242 e. The minimum atomic E-state index is 0.0345. The van der Waals surface area contributed by atoms with Gasteiger partial charge in [0.25, 0.3) is 0 Å². The van der Waals surface area contributed by atoms with Gasteiger partial charge in [-0.1, -0.05) is 20.8 Å². The Kier molecular flexibility index (Phi) is 2.86. The molecule has 102 valence electrons. The van der Waals surface area contributed by atoms with Gasteiger partial charge in [-0.15, -0.1) is 0 Å². The first-order chi connectivity index (χ1) is 8.95. The molecule has 2 aliphatic heterocycles. The minimum absolute atomic E-state index is 0.0345. The summed E-state index contributed by atoms with van der Waals surface area (Å²) in [4.78, 5) is 18.9. The number of fused-ring (bicyclic) bond motifs is 2. The van der Waals surface area contributed by atoms with Crippen LogP contribution in [-0.4, -0.2) is 28.4 Å². The number of hydrogen-bond donors (Lipinski definition) is 1. The molecule has 1 atom stereocenters. The van der Waals surface area contributed by atoms with Crippen LogP contribution in [0.5, 0.6) is 0 Å². The topological polar surface area (TPSA) is 45.2 Å². The number of hydrogen-bond acceptors (Lipinski definition) is 3. The van der Waals surface area contributed by atoms with Gasteiger partial charge in [0.1, 0.15) is 5.82 Å². The summed E-state index contributed by atoms with van der Waals surface area (Å²) < 4.78 is 0. The number of nitrogens with one attached hydrogen (secondary N) is 1. The summed E-state index contributed by atoms with van der Waals surface area (Å²) >= 11 is 0. The quantitative estimate of drug-likeness (QED) is 0.777. The fourth-order valence-electron chi connectivity index (χ4n) is 2.88. The van der Waals surface area contributed by atoms with Crippen LogP contribution in [0.4, 0.5) is 5.82 Å². The van der Waals surface area contributed by atoms with Crippen molar-refractivity contribution >= 4 is 11.7 Å². The molecule has 4 nitrogen and oxygen atoms in total. The fourth-order valence-corrected chi connectivity index (χ4v) is 2.88. The molecule has 4 heteroatoms. The summed E-state index contributed by atoms with van der Waals surface area (Å²) in [5.41, 5.74) is 2.45. The van der Waals surface area contributed by atoms with E-state index in [0.717, 1.165) is 37.3 Å². The molecule has 0 spiro atoms. The second kappa shape index (κ2) is 4.30. The lowest BCUT2D eigenvalue weighted by molar-refractivity contribution is -0.120. The fraction of sp³-hybridized carbons (Fsp3) is 0.600. The van der Waals surface area contributed by atoms with Crippen LogP contribution >= 0.6 is 0 Å². The molecular formula is C15H21N3O. The van der Waals surface area contributed by atoms with Crippen LogP contribution in [0.2, 0.25) is 0 Å². The van der Waals surface area contributed by atoms with Crippen LogP contribution in [0.1, 0.15) is 44.7 Å². The van der Waals surface area contributed by atoms with Gasteiger partial charge in [0.05, 0.1) is 6.04 Å². The van der Waals surface area contributed by atoms with Crippen molar-refractivity contribution < 1.29 is 4.79 Å².